The Labute approximate surface area is 174 Å². The molecule has 0 amide bonds. The Hall–Kier alpha value is -1.66. The van der Waals surface area contributed by atoms with Gasteiger partial charge in [0.25, 0.3) is 0 Å². The quantitative estimate of drug-likeness (QED) is 0.408. The van der Waals surface area contributed by atoms with Gasteiger partial charge >= 0.3 is 0 Å². The molecule has 1 aromatic carbocycles. The van der Waals surface area contributed by atoms with Gasteiger partial charge in [0.15, 0.2) is 5.96 Å². The average molecular weight is 411 g/mol. The normalized spacial score (nSPS) is 18.2. The SMILES string of the molecule is CCCC(CCO)CN=C(NCC)NC1CCN(c2cc(Cl)ccc2OC)C1. The van der Waals surface area contributed by atoms with Crippen LogP contribution in [0.15, 0.2) is 23.2 Å². The Morgan fingerprint density at radius 1 is 1.39 bits per heavy atom. The van der Waals surface area contributed by atoms with E-state index in [9.17, 15) is 5.11 Å². The van der Waals surface area contributed by atoms with Crippen LogP contribution in [0.3, 0.4) is 0 Å². The van der Waals surface area contributed by atoms with Crippen molar-refractivity contribution < 1.29 is 9.84 Å². The van der Waals surface area contributed by atoms with Crippen molar-refractivity contribution in [2.45, 2.75) is 45.6 Å². The largest absolute Gasteiger partial charge is 0.495 e. The highest BCUT2D eigenvalue weighted by Crippen LogP contribution is 2.33. The van der Waals surface area contributed by atoms with Gasteiger partial charge in [0.2, 0.25) is 0 Å². The van der Waals surface area contributed by atoms with Gasteiger partial charge in [0.05, 0.1) is 12.8 Å². The lowest BCUT2D eigenvalue weighted by Gasteiger charge is -2.22. The van der Waals surface area contributed by atoms with E-state index in [4.69, 9.17) is 21.3 Å². The molecule has 1 saturated heterocycles. The van der Waals surface area contributed by atoms with Crippen LogP contribution in [-0.2, 0) is 0 Å². The number of benzene rings is 1. The number of aliphatic hydroxyl groups excluding tert-OH is 1. The maximum atomic E-state index is 9.26. The zero-order valence-corrected chi connectivity index (χ0v) is 18.1. The predicted octanol–water partition coefficient (Wildman–Crippen LogP) is 3.28. The second-order valence-electron chi connectivity index (χ2n) is 7.28. The van der Waals surface area contributed by atoms with Crippen LogP contribution in [0.1, 0.15) is 39.5 Å². The molecule has 1 heterocycles. The zero-order valence-electron chi connectivity index (χ0n) is 17.4. The number of nitrogens with zero attached hydrogens (tertiary/aromatic N) is 2. The van der Waals surface area contributed by atoms with E-state index < -0.39 is 0 Å². The van der Waals surface area contributed by atoms with Crippen molar-refractivity contribution in [1.29, 1.82) is 0 Å². The third kappa shape index (κ3) is 6.74. The molecule has 0 radical (unpaired) electrons. The summed E-state index contributed by atoms with van der Waals surface area (Å²) in [4.78, 5) is 7.08. The number of guanidine groups is 1. The van der Waals surface area contributed by atoms with Crippen molar-refractivity contribution in [3.63, 3.8) is 0 Å². The van der Waals surface area contributed by atoms with Gasteiger partial charge in [-0.3, -0.25) is 4.99 Å². The molecule has 158 valence electrons. The Balaban J connectivity index is 1.99. The summed E-state index contributed by atoms with van der Waals surface area (Å²) in [6.45, 7) is 7.85. The molecule has 1 aliphatic heterocycles. The van der Waals surface area contributed by atoms with E-state index in [2.05, 4.69) is 29.4 Å². The van der Waals surface area contributed by atoms with Gasteiger partial charge in [-0.1, -0.05) is 24.9 Å². The summed E-state index contributed by atoms with van der Waals surface area (Å²) in [5.41, 5.74) is 1.03. The van der Waals surface area contributed by atoms with Crippen molar-refractivity contribution >= 4 is 23.2 Å². The van der Waals surface area contributed by atoms with Crippen molar-refractivity contribution in [1.82, 2.24) is 10.6 Å². The number of anilines is 1. The minimum atomic E-state index is 0.225. The molecule has 0 aromatic heterocycles. The van der Waals surface area contributed by atoms with Crippen LogP contribution in [0.2, 0.25) is 5.02 Å². The number of nitrogens with one attached hydrogen (secondary N) is 2. The molecule has 0 bridgehead atoms. The minimum absolute atomic E-state index is 0.225. The molecule has 1 aromatic rings. The lowest BCUT2D eigenvalue weighted by atomic mass is 10.0. The molecule has 2 rings (SSSR count). The first-order valence-electron chi connectivity index (χ1n) is 10.3. The van der Waals surface area contributed by atoms with E-state index in [1.165, 1.54) is 0 Å². The first-order chi connectivity index (χ1) is 13.6. The topological polar surface area (TPSA) is 69.1 Å². The Kier molecular flexibility index (Phi) is 9.71. The van der Waals surface area contributed by atoms with Crippen LogP contribution in [-0.4, -0.2) is 57.0 Å². The van der Waals surface area contributed by atoms with Gasteiger partial charge in [-0.2, -0.15) is 0 Å². The van der Waals surface area contributed by atoms with Gasteiger partial charge in [0, 0.05) is 43.9 Å². The number of aliphatic hydroxyl groups is 1. The smallest absolute Gasteiger partial charge is 0.191 e. The monoisotopic (exact) mass is 410 g/mol. The Morgan fingerprint density at radius 3 is 2.89 bits per heavy atom. The van der Waals surface area contributed by atoms with Crippen molar-refractivity contribution in [2.75, 3.05) is 44.8 Å². The highest BCUT2D eigenvalue weighted by atomic mass is 35.5. The van der Waals surface area contributed by atoms with Gasteiger partial charge in [-0.05, 0) is 50.3 Å². The highest BCUT2D eigenvalue weighted by molar-refractivity contribution is 6.30. The van der Waals surface area contributed by atoms with E-state index in [0.29, 0.717) is 17.0 Å². The summed E-state index contributed by atoms with van der Waals surface area (Å²) in [6, 6.07) is 6.04. The summed E-state index contributed by atoms with van der Waals surface area (Å²) < 4.78 is 5.50. The van der Waals surface area contributed by atoms with Gasteiger partial charge in [-0.25, -0.2) is 0 Å². The van der Waals surface area contributed by atoms with Crippen molar-refractivity contribution in [3.05, 3.63) is 23.2 Å². The number of hydrogen-bond acceptors (Lipinski definition) is 4. The van der Waals surface area contributed by atoms with Crippen LogP contribution in [0.5, 0.6) is 5.75 Å². The molecule has 1 aliphatic rings. The molecule has 28 heavy (non-hydrogen) atoms. The number of ether oxygens (including phenoxy) is 1. The van der Waals surface area contributed by atoms with Crippen LogP contribution >= 0.6 is 11.6 Å². The fourth-order valence-electron chi connectivity index (χ4n) is 3.66. The standard InChI is InChI=1S/C21H35ClN4O2/c1-4-6-16(10-12-27)14-24-21(23-5-2)25-18-9-11-26(15-18)19-13-17(22)7-8-20(19)28-3/h7-8,13,16,18,27H,4-6,9-12,14-15H2,1-3H3,(H2,23,24,25). The fraction of sp³-hybridized carbons (Fsp3) is 0.667. The van der Waals surface area contributed by atoms with E-state index >= 15 is 0 Å². The molecule has 2 atom stereocenters. The molecular formula is C21H35ClN4O2. The number of halogens is 1. The minimum Gasteiger partial charge on any atom is -0.495 e. The number of hydrogen-bond donors (Lipinski definition) is 3. The highest BCUT2D eigenvalue weighted by Gasteiger charge is 2.25. The molecule has 0 aliphatic carbocycles. The van der Waals surface area contributed by atoms with Crippen LogP contribution in [0.25, 0.3) is 0 Å². The maximum absolute atomic E-state index is 9.26. The van der Waals surface area contributed by atoms with E-state index in [-0.39, 0.29) is 6.61 Å². The predicted molar refractivity (Wildman–Crippen MR) is 118 cm³/mol. The van der Waals surface area contributed by atoms with Crippen LogP contribution in [0.4, 0.5) is 5.69 Å². The van der Waals surface area contributed by atoms with E-state index in [1.54, 1.807) is 7.11 Å². The zero-order chi connectivity index (χ0) is 20.4. The summed E-state index contributed by atoms with van der Waals surface area (Å²) in [5, 5.41) is 16.9. The fourth-order valence-corrected chi connectivity index (χ4v) is 3.82. The lowest BCUT2D eigenvalue weighted by molar-refractivity contribution is 0.253. The second kappa shape index (κ2) is 12.0. The number of methoxy groups -OCH3 is 1. The summed E-state index contributed by atoms with van der Waals surface area (Å²) in [6.07, 6.45) is 4.04. The molecule has 1 fully saturated rings. The van der Waals surface area contributed by atoms with Gasteiger partial charge < -0.3 is 25.4 Å². The van der Waals surface area contributed by atoms with Crippen molar-refractivity contribution in [2.24, 2.45) is 10.9 Å². The molecule has 6 nitrogen and oxygen atoms in total. The second-order valence-corrected chi connectivity index (χ2v) is 7.72. The molecule has 0 spiro atoms. The van der Waals surface area contributed by atoms with Crippen LogP contribution in [0, 0.1) is 5.92 Å². The third-order valence-corrected chi connectivity index (χ3v) is 5.33. The molecule has 3 N–H and O–H groups in total. The van der Waals surface area contributed by atoms with E-state index in [1.807, 2.05) is 18.2 Å². The molecule has 7 heteroatoms. The van der Waals surface area contributed by atoms with Crippen LogP contribution < -0.4 is 20.3 Å². The number of aliphatic imine (C=N–C) groups is 1. The maximum Gasteiger partial charge on any atom is 0.191 e. The molecule has 2 unspecified atom stereocenters. The van der Waals surface area contributed by atoms with Crippen molar-refractivity contribution in [3.8, 4) is 5.75 Å². The lowest BCUT2D eigenvalue weighted by Crippen LogP contribution is -2.44. The summed E-state index contributed by atoms with van der Waals surface area (Å²) >= 11 is 6.19. The summed E-state index contributed by atoms with van der Waals surface area (Å²) in [7, 11) is 1.69. The van der Waals surface area contributed by atoms with Gasteiger partial charge in [0.1, 0.15) is 5.75 Å². The van der Waals surface area contributed by atoms with E-state index in [0.717, 1.165) is 69.3 Å². The summed E-state index contributed by atoms with van der Waals surface area (Å²) in [5.74, 6) is 2.13. The average Bonchev–Trinajstić information content (AvgIpc) is 3.15. The first kappa shape index (κ1) is 22.6. The molecular weight excluding hydrogens is 376 g/mol. The van der Waals surface area contributed by atoms with Gasteiger partial charge in [-0.15, -0.1) is 0 Å². The Bertz CT molecular complexity index is 620. The number of rotatable bonds is 10. The molecule has 0 saturated carbocycles. The third-order valence-electron chi connectivity index (χ3n) is 5.10. The Morgan fingerprint density at radius 2 is 2.21 bits per heavy atom. The first-order valence-corrected chi connectivity index (χ1v) is 10.7.